The van der Waals surface area contributed by atoms with Crippen LogP contribution in [0.5, 0.6) is 0 Å². The second kappa shape index (κ2) is 6.41. The highest BCUT2D eigenvalue weighted by Gasteiger charge is 2.22. The van der Waals surface area contributed by atoms with Crippen molar-refractivity contribution in [3.8, 4) is 0 Å². The van der Waals surface area contributed by atoms with Gasteiger partial charge in [0.25, 0.3) is 0 Å². The summed E-state index contributed by atoms with van der Waals surface area (Å²) >= 11 is 3.48. The summed E-state index contributed by atoms with van der Waals surface area (Å²) in [5, 5.41) is 3.48. The van der Waals surface area contributed by atoms with Crippen molar-refractivity contribution in [1.29, 1.82) is 0 Å². The summed E-state index contributed by atoms with van der Waals surface area (Å²) in [6.45, 7) is 4.15. The van der Waals surface area contributed by atoms with Crippen molar-refractivity contribution in [2.75, 3.05) is 24.5 Å². The van der Waals surface area contributed by atoms with Gasteiger partial charge in [0.15, 0.2) is 0 Å². The Kier molecular flexibility index (Phi) is 4.38. The Labute approximate surface area is 127 Å². The lowest BCUT2D eigenvalue weighted by Gasteiger charge is -2.19. The molecule has 2 N–H and O–H groups in total. The molecule has 1 fully saturated rings. The second-order valence-corrected chi connectivity index (χ2v) is 6.16. The maximum absolute atomic E-state index is 4.22. The summed E-state index contributed by atoms with van der Waals surface area (Å²) < 4.78 is 1.14. The summed E-state index contributed by atoms with van der Waals surface area (Å²) in [5.41, 5.74) is 1.32. The number of nitrogens with zero attached hydrogens (tertiary/aromatic N) is 2. The number of hydrogen-bond acceptors (Lipinski definition) is 3. The minimum absolute atomic E-state index is 0.716. The van der Waals surface area contributed by atoms with Gasteiger partial charge in [0, 0.05) is 42.2 Å². The van der Waals surface area contributed by atoms with E-state index >= 15 is 0 Å². The Hall–Kier alpha value is -1.33. The van der Waals surface area contributed by atoms with Gasteiger partial charge in [0.05, 0.1) is 6.54 Å². The SMILES string of the molecule is Brc1ccc(N2CCC(CNCc3ncc[nH]3)C2)cc1. The van der Waals surface area contributed by atoms with Crippen LogP contribution < -0.4 is 10.2 Å². The number of nitrogens with one attached hydrogen (secondary N) is 2. The third-order valence-corrected chi connectivity index (χ3v) is 4.29. The van der Waals surface area contributed by atoms with Gasteiger partial charge in [-0.2, -0.15) is 0 Å². The Morgan fingerprint density at radius 1 is 1.35 bits per heavy atom. The summed E-state index contributed by atoms with van der Waals surface area (Å²) in [6.07, 6.45) is 4.91. The van der Waals surface area contributed by atoms with E-state index in [1.807, 2.05) is 6.20 Å². The van der Waals surface area contributed by atoms with Crippen molar-refractivity contribution in [2.45, 2.75) is 13.0 Å². The average Bonchev–Trinajstić information content (AvgIpc) is 3.11. The smallest absolute Gasteiger partial charge is 0.120 e. The normalized spacial score (nSPS) is 18.6. The standard InChI is InChI=1S/C15H19BrN4/c16-13-1-3-14(4-2-13)20-8-5-12(11-20)9-17-10-15-18-6-7-19-15/h1-4,6-7,12,17H,5,8-11H2,(H,18,19). The first-order chi connectivity index (χ1) is 9.81. The van der Waals surface area contributed by atoms with Crippen LogP contribution in [0.4, 0.5) is 5.69 Å². The van der Waals surface area contributed by atoms with Crippen LogP contribution in [-0.2, 0) is 6.54 Å². The highest BCUT2D eigenvalue weighted by Crippen LogP contribution is 2.24. The largest absolute Gasteiger partial charge is 0.371 e. The predicted molar refractivity (Wildman–Crippen MR) is 84.8 cm³/mol. The summed E-state index contributed by atoms with van der Waals surface area (Å²) in [5.74, 6) is 1.72. The lowest BCUT2D eigenvalue weighted by Crippen LogP contribution is -2.26. The van der Waals surface area contributed by atoms with Crippen LogP contribution in [0, 0.1) is 5.92 Å². The first-order valence-corrected chi connectivity index (χ1v) is 7.80. The van der Waals surface area contributed by atoms with Gasteiger partial charge < -0.3 is 15.2 Å². The molecular formula is C15H19BrN4. The molecular weight excluding hydrogens is 316 g/mol. The molecule has 2 heterocycles. The van der Waals surface area contributed by atoms with Gasteiger partial charge in [-0.25, -0.2) is 4.98 Å². The molecule has 0 aliphatic carbocycles. The fourth-order valence-corrected chi connectivity index (χ4v) is 2.94. The van der Waals surface area contributed by atoms with Gasteiger partial charge in [-0.3, -0.25) is 0 Å². The van der Waals surface area contributed by atoms with E-state index in [0.717, 1.165) is 36.5 Å². The zero-order valence-electron chi connectivity index (χ0n) is 11.3. The molecule has 0 saturated carbocycles. The van der Waals surface area contributed by atoms with Crippen molar-refractivity contribution in [3.05, 3.63) is 47.0 Å². The fourth-order valence-electron chi connectivity index (χ4n) is 2.68. The minimum Gasteiger partial charge on any atom is -0.371 e. The minimum atomic E-state index is 0.716. The molecule has 0 amide bonds. The van der Waals surface area contributed by atoms with Crippen molar-refractivity contribution in [2.24, 2.45) is 5.92 Å². The Morgan fingerprint density at radius 3 is 2.95 bits per heavy atom. The van der Waals surface area contributed by atoms with E-state index in [1.54, 1.807) is 6.20 Å². The number of aromatic nitrogens is 2. The molecule has 20 heavy (non-hydrogen) atoms. The number of benzene rings is 1. The molecule has 4 nitrogen and oxygen atoms in total. The van der Waals surface area contributed by atoms with Crippen LogP contribution in [0.3, 0.4) is 0 Å². The van der Waals surface area contributed by atoms with Gasteiger partial charge >= 0.3 is 0 Å². The third-order valence-electron chi connectivity index (χ3n) is 3.76. The van der Waals surface area contributed by atoms with Crippen molar-refractivity contribution < 1.29 is 0 Å². The summed E-state index contributed by atoms with van der Waals surface area (Å²) in [7, 11) is 0. The van der Waals surface area contributed by atoms with Crippen LogP contribution in [0.1, 0.15) is 12.2 Å². The molecule has 106 valence electrons. The lowest BCUT2D eigenvalue weighted by molar-refractivity contribution is 0.511. The van der Waals surface area contributed by atoms with Gasteiger partial charge in [0.1, 0.15) is 5.82 Å². The summed E-state index contributed by atoms with van der Waals surface area (Å²) in [4.78, 5) is 9.80. The topological polar surface area (TPSA) is 44.0 Å². The number of aromatic amines is 1. The molecule has 1 aromatic carbocycles. The quantitative estimate of drug-likeness (QED) is 0.883. The maximum atomic E-state index is 4.22. The monoisotopic (exact) mass is 334 g/mol. The zero-order valence-corrected chi connectivity index (χ0v) is 12.9. The Balaban J connectivity index is 1.46. The van der Waals surface area contributed by atoms with E-state index in [-0.39, 0.29) is 0 Å². The first-order valence-electron chi connectivity index (χ1n) is 7.01. The average molecular weight is 335 g/mol. The van der Waals surface area contributed by atoms with Crippen molar-refractivity contribution in [1.82, 2.24) is 15.3 Å². The van der Waals surface area contributed by atoms with Gasteiger partial charge in [-0.05, 0) is 36.6 Å². The van der Waals surface area contributed by atoms with Gasteiger partial charge in [0.2, 0.25) is 0 Å². The van der Waals surface area contributed by atoms with Crippen LogP contribution in [0.2, 0.25) is 0 Å². The second-order valence-electron chi connectivity index (χ2n) is 5.24. The predicted octanol–water partition coefficient (Wildman–Crippen LogP) is 2.79. The third kappa shape index (κ3) is 3.41. The number of hydrogen-bond donors (Lipinski definition) is 2. The molecule has 0 radical (unpaired) electrons. The molecule has 5 heteroatoms. The van der Waals surface area contributed by atoms with E-state index < -0.39 is 0 Å². The Morgan fingerprint density at radius 2 is 2.20 bits per heavy atom. The number of anilines is 1. The summed E-state index contributed by atoms with van der Waals surface area (Å²) in [6, 6.07) is 8.58. The highest BCUT2D eigenvalue weighted by molar-refractivity contribution is 9.10. The maximum Gasteiger partial charge on any atom is 0.120 e. The molecule has 1 atom stereocenters. The molecule has 0 bridgehead atoms. The number of halogens is 1. The highest BCUT2D eigenvalue weighted by atomic mass is 79.9. The molecule has 1 aliphatic heterocycles. The van der Waals surface area contributed by atoms with Gasteiger partial charge in [-0.15, -0.1) is 0 Å². The number of imidazole rings is 1. The first kappa shape index (κ1) is 13.6. The number of H-pyrrole nitrogens is 1. The van der Waals surface area contributed by atoms with E-state index in [1.165, 1.54) is 12.1 Å². The van der Waals surface area contributed by atoms with Crippen molar-refractivity contribution >= 4 is 21.6 Å². The van der Waals surface area contributed by atoms with Crippen molar-refractivity contribution in [3.63, 3.8) is 0 Å². The molecule has 1 unspecified atom stereocenters. The molecule has 1 saturated heterocycles. The van der Waals surface area contributed by atoms with Crippen LogP contribution >= 0.6 is 15.9 Å². The van der Waals surface area contributed by atoms with E-state index in [9.17, 15) is 0 Å². The van der Waals surface area contributed by atoms with Crippen LogP contribution in [-0.4, -0.2) is 29.6 Å². The zero-order chi connectivity index (χ0) is 13.8. The van der Waals surface area contributed by atoms with E-state index in [2.05, 4.69) is 60.4 Å². The molecule has 1 aromatic heterocycles. The molecule has 0 spiro atoms. The lowest BCUT2D eigenvalue weighted by atomic mass is 10.1. The van der Waals surface area contributed by atoms with E-state index in [4.69, 9.17) is 0 Å². The Bertz CT molecular complexity index is 523. The molecule has 1 aliphatic rings. The fraction of sp³-hybridized carbons (Fsp3) is 0.400. The molecule has 2 aromatic rings. The van der Waals surface area contributed by atoms with Gasteiger partial charge in [-0.1, -0.05) is 15.9 Å². The molecule has 3 rings (SSSR count). The van der Waals surface area contributed by atoms with Crippen LogP contribution in [0.15, 0.2) is 41.1 Å². The van der Waals surface area contributed by atoms with Crippen LogP contribution in [0.25, 0.3) is 0 Å². The van der Waals surface area contributed by atoms with E-state index in [0.29, 0.717) is 5.92 Å². The number of rotatable bonds is 5.